The SMILES string of the molecule is C1=Cc2ccc(-c3ccccc3)nc2C2NC(c3ccc(-c4ccc5c(c4)c4cc6c(cc4n5-c4ccccc4)C(c4ccccc4)Nc4ccccc4-6)cc3)=CC=C12. The summed E-state index contributed by atoms with van der Waals surface area (Å²) in [6.45, 7) is 0. The van der Waals surface area contributed by atoms with Gasteiger partial charge in [-0.15, -0.1) is 0 Å². The molecule has 2 aromatic heterocycles. The molecule has 0 bridgehead atoms. The Bertz CT molecular complexity index is 3190. The Hall–Kier alpha value is -7.69. The van der Waals surface area contributed by atoms with Crippen LogP contribution in [0.2, 0.25) is 0 Å². The van der Waals surface area contributed by atoms with Crippen molar-refractivity contribution in [1.82, 2.24) is 14.9 Å². The fourth-order valence-corrected chi connectivity index (χ4v) is 9.35. The van der Waals surface area contributed by atoms with Crippen LogP contribution in [0.1, 0.15) is 40.0 Å². The van der Waals surface area contributed by atoms with Crippen molar-refractivity contribution in [3.05, 3.63) is 234 Å². The monoisotopic (exact) mass is 754 g/mol. The second kappa shape index (κ2) is 13.5. The molecule has 4 heteroatoms. The van der Waals surface area contributed by atoms with Gasteiger partial charge >= 0.3 is 0 Å². The van der Waals surface area contributed by atoms with Crippen LogP contribution in [0.3, 0.4) is 0 Å². The number of nitrogens with one attached hydrogen (secondary N) is 2. The zero-order valence-corrected chi connectivity index (χ0v) is 32.2. The van der Waals surface area contributed by atoms with Gasteiger partial charge < -0.3 is 15.2 Å². The molecule has 9 aromatic rings. The quantitative estimate of drug-likeness (QED) is 0.184. The third kappa shape index (κ3) is 5.56. The van der Waals surface area contributed by atoms with Gasteiger partial charge in [0.2, 0.25) is 0 Å². The summed E-state index contributed by atoms with van der Waals surface area (Å²) in [5.74, 6) is 0. The average molecular weight is 755 g/mol. The number of rotatable bonds is 5. The summed E-state index contributed by atoms with van der Waals surface area (Å²) in [4.78, 5) is 5.18. The van der Waals surface area contributed by atoms with Crippen LogP contribution in [-0.4, -0.2) is 9.55 Å². The molecule has 4 heterocycles. The summed E-state index contributed by atoms with van der Waals surface area (Å²) in [5, 5.41) is 10.2. The third-order valence-electron chi connectivity index (χ3n) is 12.3. The van der Waals surface area contributed by atoms with E-state index < -0.39 is 0 Å². The smallest absolute Gasteiger partial charge is 0.0946 e. The van der Waals surface area contributed by atoms with E-state index in [2.05, 4.69) is 215 Å². The lowest BCUT2D eigenvalue weighted by Gasteiger charge is -2.30. The Balaban J connectivity index is 0.936. The second-order valence-electron chi connectivity index (χ2n) is 15.7. The number of dihydropyridines is 1. The van der Waals surface area contributed by atoms with Crippen LogP contribution in [0.4, 0.5) is 5.69 Å². The summed E-state index contributed by atoms with van der Waals surface area (Å²) in [6.07, 6.45) is 8.80. The second-order valence-corrected chi connectivity index (χ2v) is 15.7. The van der Waals surface area contributed by atoms with Gasteiger partial charge in [-0.3, -0.25) is 0 Å². The maximum absolute atomic E-state index is 5.18. The van der Waals surface area contributed by atoms with Crippen LogP contribution in [0.25, 0.3) is 72.8 Å². The normalized spacial score (nSPS) is 16.2. The molecule has 59 heavy (non-hydrogen) atoms. The van der Waals surface area contributed by atoms with Crippen molar-refractivity contribution in [3.8, 4) is 39.2 Å². The minimum absolute atomic E-state index is 0.0147. The van der Waals surface area contributed by atoms with Crippen LogP contribution in [0.15, 0.2) is 206 Å². The Labute approximate surface area is 343 Å². The van der Waals surface area contributed by atoms with Crippen LogP contribution in [0.5, 0.6) is 0 Å². The third-order valence-corrected chi connectivity index (χ3v) is 12.3. The first-order valence-electron chi connectivity index (χ1n) is 20.4. The van der Waals surface area contributed by atoms with Crippen molar-refractivity contribution >= 4 is 39.3 Å². The largest absolute Gasteiger partial charge is 0.374 e. The number of allylic oxidation sites excluding steroid dienone is 2. The number of hydrogen-bond acceptors (Lipinski definition) is 3. The standard InChI is InChI=1S/C55H38N4/c1-4-12-36(13-5-1)48-29-26-39-24-25-40-27-30-49(57-55(40)54(39)56-48)37-22-20-35(21-23-37)41-28-31-51-45(32-41)46-33-44-43-18-10-11-19-50(43)58-53(38-14-6-2-7-15-38)47(44)34-52(46)59(51)42-16-8-3-9-17-42/h1-34,53,55,57-58H. The van der Waals surface area contributed by atoms with Crippen LogP contribution in [-0.2, 0) is 0 Å². The number of nitrogens with zero attached hydrogens (tertiary/aromatic N) is 2. The molecule has 2 atom stereocenters. The molecule has 0 amide bonds. The van der Waals surface area contributed by atoms with Gasteiger partial charge in [0.05, 0.1) is 34.5 Å². The number of benzene rings is 7. The summed E-state index contributed by atoms with van der Waals surface area (Å²) >= 11 is 0. The Morgan fingerprint density at radius 3 is 2.02 bits per heavy atom. The number of aromatic nitrogens is 2. The van der Waals surface area contributed by atoms with Gasteiger partial charge in [0.15, 0.2) is 0 Å². The fraction of sp³-hybridized carbons (Fsp3) is 0.0364. The molecule has 2 aliphatic heterocycles. The molecular formula is C55H38N4. The fourth-order valence-electron chi connectivity index (χ4n) is 9.35. The van der Waals surface area contributed by atoms with Crippen molar-refractivity contribution in [2.24, 2.45) is 0 Å². The molecule has 278 valence electrons. The molecular weight excluding hydrogens is 717 g/mol. The van der Waals surface area contributed by atoms with Crippen molar-refractivity contribution in [2.45, 2.75) is 12.1 Å². The lowest BCUT2D eigenvalue weighted by Crippen LogP contribution is -2.27. The molecule has 0 spiro atoms. The number of anilines is 1. The number of pyridine rings is 1. The lowest BCUT2D eigenvalue weighted by atomic mass is 9.85. The highest BCUT2D eigenvalue weighted by Crippen LogP contribution is 2.47. The van der Waals surface area contributed by atoms with Gasteiger partial charge in [-0.2, -0.15) is 0 Å². The van der Waals surface area contributed by atoms with E-state index >= 15 is 0 Å². The molecule has 0 fully saturated rings. The van der Waals surface area contributed by atoms with E-state index in [0.29, 0.717) is 0 Å². The summed E-state index contributed by atoms with van der Waals surface area (Å²) in [5.41, 5.74) is 19.9. The van der Waals surface area contributed by atoms with E-state index in [-0.39, 0.29) is 12.1 Å². The first-order valence-corrected chi connectivity index (χ1v) is 20.4. The van der Waals surface area contributed by atoms with Crippen molar-refractivity contribution in [1.29, 1.82) is 0 Å². The molecule has 7 aromatic carbocycles. The zero-order chi connectivity index (χ0) is 38.9. The summed E-state index contributed by atoms with van der Waals surface area (Å²) in [6, 6.07) is 65.8. The molecule has 0 saturated heterocycles. The van der Waals surface area contributed by atoms with Gasteiger partial charge in [-0.1, -0.05) is 152 Å². The van der Waals surface area contributed by atoms with Crippen molar-refractivity contribution in [3.63, 3.8) is 0 Å². The Morgan fingerprint density at radius 2 is 1.19 bits per heavy atom. The first kappa shape index (κ1) is 33.4. The number of para-hydroxylation sites is 2. The molecule has 2 unspecified atom stereocenters. The predicted molar refractivity (Wildman–Crippen MR) is 244 cm³/mol. The topological polar surface area (TPSA) is 41.9 Å². The van der Waals surface area contributed by atoms with Gasteiger partial charge in [0.25, 0.3) is 0 Å². The Kier molecular flexibility index (Phi) is 7.63. The molecule has 0 saturated carbocycles. The maximum Gasteiger partial charge on any atom is 0.0946 e. The average Bonchev–Trinajstić information content (AvgIpc) is 3.63. The van der Waals surface area contributed by atoms with E-state index in [9.17, 15) is 0 Å². The zero-order valence-electron chi connectivity index (χ0n) is 32.2. The van der Waals surface area contributed by atoms with Gasteiger partial charge in [0.1, 0.15) is 0 Å². The molecule has 4 nitrogen and oxygen atoms in total. The van der Waals surface area contributed by atoms with Gasteiger partial charge in [-0.05, 0) is 99.1 Å². The molecule has 12 rings (SSSR count). The van der Waals surface area contributed by atoms with E-state index in [4.69, 9.17) is 4.98 Å². The van der Waals surface area contributed by atoms with Crippen LogP contribution in [0, 0.1) is 0 Å². The van der Waals surface area contributed by atoms with Gasteiger partial charge in [0, 0.05) is 39.0 Å². The molecule has 0 radical (unpaired) electrons. The maximum atomic E-state index is 5.18. The minimum Gasteiger partial charge on any atom is -0.374 e. The molecule has 2 N–H and O–H groups in total. The van der Waals surface area contributed by atoms with Crippen LogP contribution < -0.4 is 10.6 Å². The highest BCUT2D eigenvalue weighted by atomic mass is 15.0. The van der Waals surface area contributed by atoms with E-state index in [1.54, 1.807) is 0 Å². The predicted octanol–water partition coefficient (Wildman–Crippen LogP) is 13.3. The lowest BCUT2D eigenvalue weighted by molar-refractivity contribution is 0.705. The van der Waals surface area contributed by atoms with Gasteiger partial charge in [-0.25, -0.2) is 4.98 Å². The first-order chi connectivity index (χ1) is 29.2. The molecule has 1 aliphatic carbocycles. The molecule has 3 aliphatic rings. The Morgan fingerprint density at radius 1 is 0.475 bits per heavy atom. The van der Waals surface area contributed by atoms with E-state index in [0.717, 1.165) is 45.2 Å². The van der Waals surface area contributed by atoms with Crippen LogP contribution >= 0.6 is 0 Å². The van der Waals surface area contributed by atoms with E-state index in [1.807, 2.05) is 6.07 Å². The highest BCUT2D eigenvalue weighted by Gasteiger charge is 2.29. The van der Waals surface area contributed by atoms with Crippen molar-refractivity contribution in [2.75, 3.05) is 5.32 Å². The van der Waals surface area contributed by atoms with Crippen molar-refractivity contribution < 1.29 is 0 Å². The summed E-state index contributed by atoms with van der Waals surface area (Å²) in [7, 11) is 0. The number of fused-ring (bicyclic) bond motifs is 9. The van der Waals surface area contributed by atoms with E-state index in [1.165, 1.54) is 60.8 Å². The summed E-state index contributed by atoms with van der Waals surface area (Å²) < 4.78 is 2.43. The minimum atomic E-state index is -0.0147. The highest BCUT2D eigenvalue weighted by molar-refractivity contribution is 6.12. The number of hydrogen-bond donors (Lipinski definition) is 2.